The van der Waals surface area contributed by atoms with Crippen LogP contribution in [0.5, 0.6) is 0 Å². The van der Waals surface area contributed by atoms with Gasteiger partial charge in [-0.1, -0.05) is 6.92 Å². The van der Waals surface area contributed by atoms with Crippen molar-refractivity contribution in [2.45, 2.75) is 44.1 Å². The van der Waals surface area contributed by atoms with E-state index >= 15 is 0 Å². The molecule has 1 saturated heterocycles. The van der Waals surface area contributed by atoms with Gasteiger partial charge in [-0.05, 0) is 6.42 Å². The molecular weight excluding hydrogens is 164 g/mol. The molecule has 1 fully saturated rings. The molecule has 1 heterocycles. The molecule has 5 nitrogen and oxygen atoms in total. The van der Waals surface area contributed by atoms with Crippen molar-refractivity contribution in [3.63, 3.8) is 0 Å². The molecule has 0 spiro atoms. The second kappa shape index (κ2) is 3.68. The van der Waals surface area contributed by atoms with E-state index in [-0.39, 0.29) is 0 Å². The fourth-order valence-corrected chi connectivity index (χ4v) is 1.27. The van der Waals surface area contributed by atoms with Crippen LogP contribution < -0.4 is 0 Å². The third-order valence-corrected chi connectivity index (χ3v) is 2.09. The maximum Gasteiger partial charge on any atom is 0.183 e. The smallest absolute Gasteiger partial charge is 0.183 e. The number of ether oxygens (including phenoxy) is 1. The van der Waals surface area contributed by atoms with E-state index in [1.807, 2.05) is 0 Å². The van der Waals surface area contributed by atoms with Crippen LogP contribution in [0.3, 0.4) is 0 Å². The van der Waals surface area contributed by atoms with Gasteiger partial charge in [0.15, 0.2) is 6.29 Å². The summed E-state index contributed by atoms with van der Waals surface area (Å²) in [6, 6.07) is 0. The van der Waals surface area contributed by atoms with Gasteiger partial charge in [0.25, 0.3) is 0 Å². The van der Waals surface area contributed by atoms with Crippen LogP contribution in [0.1, 0.15) is 13.3 Å². The molecule has 1 rings (SSSR count). The van der Waals surface area contributed by atoms with Crippen molar-refractivity contribution in [3.8, 4) is 0 Å². The summed E-state index contributed by atoms with van der Waals surface area (Å²) in [5.74, 6) is 0. The zero-order valence-corrected chi connectivity index (χ0v) is 6.79. The quantitative estimate of drug-likeness (QED) is 0.380. The molecule has 0 radical (unpaired) electrons. The van der Waals surface area contributed by atoms with E-state index in [2.05, 4.69) is 0 Å². The zero-order valence-electron chi connectivity index (χ0n) is 6.79. The Kier molecular flexibility index (Phi) is 3.03. The predicted octanol–water partition coefficient (Wildman–Crippen LogP) is -1.80. The molecule has 5 heteroatoms. The molecule has 0 amide bonds. The molecule has 1 aliphatic heterocycles. The van der Waals surface area contributed by atoms with Gasteiger partial charge < -0.3 is 25.2 Å². The Bertz CT molecular complexity index is 146. The van der Waals surface area contributed by atoms with Gasteiger partial charge in [-0.2, -0.15) is 0 Å². The molecular formula is C7H14O5. The molecule has 5 atom stereocenters. The van der Waals surface area contributed by atoms with Crippen molar-refractivity contribution in [3.05, 3.63) is 0 Å². The van der Waals surface area contributed by atoms with Crippen LogP contribution >= 0.6 is 0 Å². The molecule has 72 valence electrons. The molecule has 0 saturated carbocycles. The highest BCUT2D eigenvalue weighted by Crippen LogP contribution is 2.21. The molecule has 0 aliphatic carbocycles. The highest BCUT2D eigenvalue weighted by molar-refractivity contribution is 4.87. The summed E-state index contributed by atoms with van der Waals surface area (Å²) in [7, 11) is 0. The van der Waals surface area contributed by atoms with Crippen LogP contribution in [-0.2, 0) is 4.74 Å². The van der Waals surface area contributed by atoms with Crippen LogP contribution in [0.4, 0.5) is 0 Å². The standard InChI is InChI=1S/C7H14O5/c1-2-3-4(8)5(9)6(10)7(11)12-3/h3-11H,2H2,1H3/t3?,4-,5-,6?,7+/m1/s1. The van der Waals surface area contributed by atoms with Crippen molar-refractivity contribution >= 4 is 0 Å². The number of hydrogen-bond donors (Lipinski definition) is 4. The molecule has 0 bridgehead atoms. The molecule has 0 aromatic carbocycles. The van der Waals surface area contributed by atoms with E-state index in [4.69, 9.17) is 14.9 Å². The number of rotatable bonds is 1. The van der Waals surface area contributed by atoms with Crippen molar-refractivity contribution in [1.29, 1.82) is 0 Å². The summed E-state index contributed by atoms with van der Waals surface area (Å²) < 4.78 is 4.83. The average molecular weight is 178 g/mol. The summed E-state index contributed by atoms with van der Waals surface area (Å²) in [6.45, 7) is 1.75. The molecule has 0 aromatic rings. The van der Waals surface area contributed by atoms with Gasteiger partial charge in [-0.3, -0.25) is 0 Å². The average Bonchev–Trinajstić information content (AvgIpc) is 2.08. The first-order chi connectivity index (χ1) is 5.57. The van der Waals surface area contributed by atoms with Crippen LogP contribution in [0, 0.1) is 0 Å². The summed E-state index contributed by atoms with van der Waals surface area (Å²) in [4.78, 5) is 0. The lowest BCUT2D eigenvalue weighted by molar-refractivity contribution is -0.281. The fourth-order valence-electron chi connectivity index (χ4n) is 1.27. The minimum absolute atomic E-state index is 0.474. The van der Waals surface area contributed by atoms with Gasteiger partial charge in [0.2, 0.25) is 0 Å². The molecule has 2 unspecified atom stereocenters. The lowest BCUT2D eigenvalue weighted by atomic mass is 9.97. The Morgan fingerprint density at radius 3 is 2.08 bits per heavy atom. The first kappa shape index (κ1) is 9.88. The maximum absolute atomic E-state index is 9.28. The Morgan fingerprint density at radius 1 is 1.00 bits per heavy atom. The van der Waals surface area contributed by atoms with Crippen LogP contribution in [0.2, 0.25) is 0 Å². The number of aliphatic hydroxyl groups excluding tert-OH is 4. The second-order valence-corrected chi connectivity index (χ2v) is 2.95. The van der Waals surface area contributed by atoms with Gasteiger partial charge in [-0.15, -0.1) is 0 Å². The summed E-state index contributed by atoms with van der Waals surface area (Å²) in [5, 5.41) is 36.5. The second-order valence-electron chi connectivity index (χ2n) is 2.95. The Morgan fingerprint density at radius 2 is 1.58 bits per heavy atom. The Balaban J connectivity index is 2.63. The Labute approximate surface area is 70.2 Å². The van der Waals surface area contributed by atoms with Crippen LogP contribution in [-0.4, -0.2) is 51.1 Å². The summed E-state index contributed by atoms with van der Waals surface area (Å²) in [6.07, 6.45) is -5.44. The lowest BCUT2D eigenvalue weighted by Crippen LogP contribution is -2.57. The predicted molar refractivity (Wildman–Crippen MR) is 39.2 cm³/mol. The third-order valence-electron chi connectivity index (χ3n) is 2.09. The van der Waals surface area contributed by atoms with E-state index in [9.17, 15) is 10.2 Å². The molecule has 0 aromatic heterocycles. The van der Waals surface area contributed by atoms with Gasteiger partial charge in [0, 0.05) is 0 Å². The number of hydrogen-bond acceptors (Lipinski definition) is 5. The van der Waals surface area contributed by atoms with Gasteiger partial charge in [0.05, 0.1) is 6.10 Å². The van der Waals surface area contributed by atoms with E-state index in [0.29, 0.717) is 6.42 Å². The monoisotopic (exact) mass is 178 g/mol. The molecule has 4 N–H and O–H groups in total. The third kappa shape index (κ3) is 1.60. The van der Waals surface area contributed by atoms with E-state index in [1.54, 1.807) is 6.92 Å². The van der Waals surface area contributed by atoms with E-state index in [0.717, 1.165) is 0 Å². The first-order valence-electron chi connectivity index (χ1n) is 3.95. The van der Waals surface area contributed by atoms with Gasteiger partial charge in [0.1, 0.15) is 18.3 Å². The largest absolute Gasteiger partial charge is 0.388 e. The molecule has 12 heavy (non-hydrogen) atoms. The van der Waals surface area contributed by atoms with Crippen LogP contribution in [0.15, 0.2) is 0 Å². The highest BCUT2D eigenvalue weighted by atomic mass is 16.6. The van der Waals surface area contributed by atoms with Gasteiger partial charge in [-0.25, -0.2) is 0 Å². The fraction of sp³-hybridized carbons (Fsp3) is 1.00. The summed E-state index contributed by atoms with van der Waals surface area (Å²) >= 11 is 0. The SMILES string of the molecule is CCC1O[C@H](O)C(O)[C@H](O)[C@@H]1O. The zero-order chi connectivity index (χ0) is 9.30. The van der Waals surface area contributed by atoms with Crippen molar-refractivity contribution in [1.82, 2.24) is 0 Å². The van der Waals surface area contributed by atoms with Crippen LogP contribution in [0.25, 0.3) is 0 Å². The minimum atomic E-state index is -1.43. The minimum Gasteiger partial charge on any atom is -0.388 e. The van der Waals surface area contributed by atoms with Crippen molar-refractivity contribution < 1.29 is 25.2 Å². The van der Waals surface area contributed by atoms with Crippen molar-refractivity contribution in [2.75, 3.05) is 0 Å². The highest BCUT2D eigenvalue weighted by Gasteiger charge is 2.41. The lowest BCUT2D eigenvalue weighted by Gasteiger charge is -2.37. The van der Waals surface area contributed by atoms with E-state index < -0.39 is 30.7 Å². The van der Waals surface area contributed by atoms with E-state index in [1.165, 1.54) is 0 Å². The Hall–Kier alpha value is -0.200. The van der Waals surface area contributed by atoms with Gasteiger partial charge >= 0.3 is 0 Å². The summed E-state index contributed by atoms with van der Waals surface area (Å²) in [5.41, 5.74) is 0. The molecule has 1 aliphatic rings. The topological polar surface area (TPSA) is 90.2 Å². The first-order valence-corrected chi connectivity index (χ1v) is 3.95. The number of aliphatic hydroxyl groups is 4. The maximum atomic E-state index is 9.28. The van der Waals surface area contributed by atoms with Crippen molar-refractivity contribution in [2.24, 2.45) is 0 Å². The normalized spacial score (nSPS) is 49.2.